The van der Waals surface area contributed by atoms with Crippen molar-refractivity contribution in [2.45, 2.75) is 25.2 Å². The molecule has 74 valence electrons. The Balaban J connectivity index is 2.53. The number of hydrogen-bond acceptors (Lipinski definition) is 2. The van der Waals surface area contributed by atoms with Crippen LogP contribution in [0.5, 0.6) is 0 Å². The number of rotatable bonds is 2. The molecule has 0 aliphatic heterocycles. The third-order valence-corrected chi connectivity index (χ3v) is 2.84. The van der Waals surface area contributed by atoms with Crippen molar-refractivity contribution >= 4 is 5.91 Å². The Kier molecular flexibility index (Phi) is 1.74. The van der Waals surface area contributed by atoms with Gasteiger partial charge >= 0.3 is 0 Å². The molecule has 0 unspecified atom stereocenters. The molecule has 4 nitrogen and oxygen atoms in total. The number of carbonyl (C=O) groups is 1. The Morgan fingerprint density at radius 2 is 2.21 bits per heavy atom. The van der Waals surface area contributed by atoms with Crippen LogP contribution in [0, 0.1) is 0 Å². The van der Waals surface area contributed by atoms with Gasteiger partial charge in [0.15, 0.2) is 0 Å². The van der Waals surface area contributed by atoms with Gasteiger partial charge in [0.05, 0.1) is 5.56 Å². The highest BCUT2D eigenvalue weighted by atomic mass is 16.1. The Morgan fingerprint density at radius 1 is 1.57 bits per heavy atom. The molecule has 0 saturated heterocycles. The fourth-order valence-electron chi connectivity index (χ4n) is 1.53. The average molecular weight is 192 g/mol. The maximum Gasteiger partial charge on any atom is 0.251 e. The minimum atomic E-state index is -0.508. The summed E-state index contributed by atoms with van der Waals surface area (Å²) in [6.45, 7) is 2.02. The fraction of sp³-hybridized carbons (Fsp3) is 0.400. The van der Waals surface area contributed by atoms with E-state index in [-0.39, 0.29) is 11.0 Å². The summed E-state index contributed by atoms with van der Waals surface area (Å²) >= 11 is 0. The van der Waals surface area contributed by atoms with E-state index in [1.807, 2.05) is 6.92 Å². The summed E-state index contributed by atoms with van der Waals surface area (Å²) in [5.74, 6) is -0.508. The maximum absolute atomic E-state index is 11.5. The number of pyridine rings is 1. The highest BCUT2D eigenvalue weighted by Crippen LogP contribution is 2.46. The fourth-order valence-corrected chi connectivity index (χ4v) is 1.53. The van der Waals surface area contributed by atoms with Crippen LogP contribution in [0.15, 0.2) is 17.1 Å². The lowest BCUT2D eigenvalue weighted by Gasteiger charge is -2.07. The van der Waals surface area contributed by atoms with Crippen molar-refractivity contribution < 1.29 is 4.79 Å². The first-order chi connectivity index (χ1) is 6.53. The van der Waals surface area contributed by atoms with Crippen LogP contribution in [0.25, 0.3) is 0 Å². The largest absolute Gasteiger partial charge is 0.366 e. The van der Waals surface area contributed by atoms with Gasteiger partial charge in [0, 0.05) is 11.8 Å². The number of hydrogen-bond donors (Lipinski definition) is 2. The van der Waals surface area contributed by atoms with Crippen molar-refractivity contribution in [3.63, 3.8) is 0 Å². The Hall–Kier alpha value is -1.58. The number of aromatic nitrogens is 1. The second-order valence-corrected chi connectivity index (χ2v) is 4.06. The molecule has 0 aromatic carbocycles. The van der Waals surface area contributed by atoms with E-state index in [0.29, 0.717) is 11.1 Å². The van der Waals surface area contributed by atoms with Crippen LogP contribution in [0.2, 0.25) is 0 Å². The van der Waals surface area contributed by atoms with Gasteiger partial charge in [0.2, 0.25) is 5.91 Å². The molecule has 0 radical (unpaired) electrons. The second-order valence-electron chi connectivity index (χ2n) is 4.06. The van der Waals surface area contributed by atoms with E-state index in [1.54, 1.807) is 6.07 Å². The van der Waals surface area contributed by atoms with Gasteiger partial charge < -0.3 is 10.7 Å². The summed E-state index contributed by atoms with van der Waals surface area (Å²) in [6.07, 6.45) is 3.36. The predicted octanol–water partition coefficient (Wildman–Crippen LogP) is 0.525. The van der Waals surface area contributed by atoms with Crippen molar-refractivity contribution in [2.75, 3.05) is 0 Å². The van der Waals surface area contributed by atoms with Gasteiger partial charge in [-0.05, 0) is 24.3 Å². The summed E-state index contributed by atoms with van der Waals surface area (Å²) in [5.41, 5.74) is 6.02. The first kappa shape index (κ1) is 8.99. The van der Waals surface area contributed by atoms with E-state index in [1.165, 1.54) is 6.20 Å². The number of carbonyl (C=O) groups excluding carboxylic acids is 1. The van der Waals surface area contributed by atoms with Crippen molar-refractivity contribution in [1.29, 1.82) is 0 Å². The van der Waals surface area contributed by atoms with Crippen molar-refractivity contribution in [2.24, 2.45) is 5.73 Å². The molecule has 1 saturated carbocycles. The number of aromatic amines is 1. The number of primary amides is 1. The van der Waals surface area contributed by atoms with E-state index in [4.69, 9.17) is 5.73 Å². The minimum Gasteiger partial charge on any atom is -0.366 e. The van der Waals surface area contributed by atoms with Gasteiger partial charge in [0.25, 0.3) is 5.56 Å². The van der Waals surface area contributed by atoms with E-state index < -0.39 is 5.91 Å². The zero-order valence-electron chi connectivity index (χ0n) is 7.96. The number of nitrogens with two attached hydrogens (primary N) is 1. The molecule has 0 atom stereocenters. The highest BCUT2D eigenvalue weighted by molar-refractivity contribution is 5.92. The molecule has 2 rings (SSSR count). The maximum atomic E-state index is 11.5. The molecule has 1 aromatic rings. The van der Waals surface area contributed by atoms with Crippen LogP contribution in [0.1, 0.15) is 35.7 Å². The van der Waals surface area contributed by atoms with Crippen LogP contribution in [0.4, 0.5) is 0 Å². The number of nitrogens with one attached hydrogen (secondary N) is 1. The lowest BCUT2D eigenvalue weighted by molar-refractivity contribution is 0.1000. The van der Waals surface area contributed by atoms with Gasteiger partial charge in [-0.3, -0.25) is 9.59 Å². The summed E-state index contributed by atoms with van der Waals surface area (Å²) in [7, 11) is 0. The van der Waals surface area contributed by atoms with Crippen LogP contribution in [-0.4, -0.2) is 10.9 Å². The molecule has 4 heteroatoms. The minimum absolute atomic E-state index is 0.0426. The molecule has 14 heavy (non-hydrogen) atoms. The normalized spacial score (nSPS) is 17.8. The van der Waals surface area contributed by atoms with E-state index in [2.05, 4.69) is 4.98 Å². The zero-order valence-corrected chi connectivity index (χ0v) is 7.96. The summed E-state index contributed by atoms with van der Waals surface area (Å²) in [5, 5.41) is 0. The van der Waals surface area contributed by atoms with Gasteiger partial charge in [-0.25, -0.2) is 0 Å². The molecular weight excluding hydrogens is 180 g/mol. The van der Waals surface area contributed by atoms with Crippen LogP contribution in [-0.2, 0) is 5.41 Å². The Labute approximate surface area is 81.1 Å². The number of amides is 1. The second kappa shape index (κ2) is 2.70. The summed E-state index contributed by atoms with van der Waals surface area (Å²) < 4.78 is 0. The van der Waals surface area contributed by atoms with Crippen LogP contribution in [0.3, 0.4) is 0 Å². The highest BCUT2D eigenvalue weighted by Gasteiger charge is 2.41. The van der Waals surface area contributed by atoms with Crippen molar-refractivity contribution in [3.8, 4) is 0 Å². The number of H-pyrrole nitrogens is 1. The molecule has 1 aliphatic rings. The van der Waals surface area contributed by atoms with Crippen LogP contribution >= 0.6 is 0 Å². The molecule has 0 spiro atoms. The van der Waals surface area contributed by atoms with Crippen molar-refractivity contribution in [1.82, 2.24) is 4.98 Å². The zero-order chi connectivity index (χ0) is 10.3. The third kappa shape index (κ3) is 1.32. The molecule has 1 heterocycles. The molecular formula is C10H12N2O2. The summed E-state index contributed by atoms with van der Waals surface area (Å²) in [4.78, 5) is 24.9. The SMILES string of the molecule is CC1(c2cc(C(N)=O)c[nH]c2=O)CC1. The lowest BCUT2D eigenvalue weighted by Crippen LogP contribution is -2.22. The molecule has 0 bridgehead atoms. The summed E-state index contributed by atoms with van der Waals surface area (Å²) in [6, 6.07) is 1.61. The Bertz CT molecular complexity index is 444. The quantitative estimate of drug-likeness (QED) is 0.716. The molecule has 3 N–H and O–H groups in total. The lowest BCUT2D eigenvalue weighted by atomic mass is 9.98. The average Bonchev–Trinajstić information content (AvgIpc) is 2.85. The first-order valence-electron chi connectivity index (χ1n) is 4.56. The predicted molar refractivity (Wildman–Crippen MR) is 52.2 cm³/mol. The van der Waals surface area contributed by atoms with Gasteiger partial charge in [0.1, 0.15) is 0 Å². The smallest absolute Gasteiger partial charge is 0.251 e. The van der Waals surface area contributed by atoms with E-state index in [0.717, 1.165) is 12.8 Å². The molecule has 1 fully saturated rings. The van der Waals surface area contributed by atoms with Gasteiger partial charge in [-0.2, -0.15) is 0 Å². The van der Waals surface area contributed by atoms with E-state index in [9.17, 15) is 9.59 Å². The van der Waals surface area contributed by atoms with Crippen LogP contribution < -0.4 is 11.3 Å². The molecule has 1 aromatic heterocycles. The third-order valence-electron chi connectivity index (χ3n) is 2.84. The molecule has 1 amide bonds. The molecule has 1 aliphatic carbocycles. The Morgan fingerprint density at radius 3 is 2.71 bits per heavy atom. The standard InChI is InChI=1S/C10H12N2O2/c1-10(2-3-10)7-4-6(8(11)13)5-12-9(7)14/h4-5H,2-3H2,1H3,(H2,11,13)(H,12,14). The van der Waals surface area contributed by atoms with Gasteiger partial charge in [-0.1, -0.05) is 6.92 Å². The van der Waals surface area contributed by atoms with Gasteiger partial charge in [-0.15, -0.1) is 0 Å². The monoisotopic (exact) mass is 192 g/mol. The van der Waals surface area contributed by atoms with E-state index >= 15 is 0 Å². The van der Waals surface area contributed by atoms with Crippen molar-refractivity contribution in [3.05, 3.63) is 33.7 Å². The first-order valence-corrected chi connectivity index (χ1v) is 4.56. The topological polar surface area (TPSA) is 76.0 Å².